The lowest BCUT2D eigenvalue weighted by Crippen LogP contribution is -2.53. The van der Waals surface area contributed by atoms with Gasteiger partial charge in [-0.3, -0.25) is 14.5 Å². The fourth-order valence-electron chi connectivity index (χ4n) is 6.11. The first kappa shape index (κ1) is 20.1. The Morgan fingerprint density at radius 3 is 2.30 bits per heavy atom. The van der Waals surface area contributed by atoms with E-state index in [-0.39, 0.29) is 17.2 Å². The van der Waals surface area contributed by atoms with Crippen molar-refractivity contribution in [3.63, 3.8) is 0 Å². The van der Waals surface area contributed by atoms with Crippen molar-refractivity contribution in [1.82, 2.24) is 14.7 Å². The zero-order valence-corrected chi connectivity index (χ0v) is 18.3. The monoisotopic (exact) mass is 413 g/mol. The first-order valence-electron chi connectivity index (χ1n) is 11.9. The van der Waals surface area contributed by atoms with Gasteiger partial charge < -0.3 is 14.2 Å². The molecule has 6 nitrogen and oxygen atoms in total. The summed E-state index contributed by atoms with van der Waals surface area (Å²) in [4.78, 5) is 32.5. The Morgan fingerprint density at radius 2 is 1.67 bits per heavy atom. The highest BCUT2D eigenvalue weighted by molar-refractivity contribution is 5.93. The van der Waals surface area contributed by atoms with Gasteiger partial charge in [-0.2, -0.15) is 0 Å². The van der Waals surface area contributed by atoms with Crippen molar-refractivity contribution in [3.05, 3.63) is 23.7 Å². The molecule has 0 radical (unpaired) electrons. The number of rotatable bonds is 3. The van der Waals surface area contributed by atoms with Crippen molar-refractivity contribution in [2.75, 3.05) is 39.3 Å². The van der Waals surface area contributed by atoms with Gasteiger partial charge >= 0.3 is 0 Å². The van der Waals surface area contributed by atoms with Crippen molar-refractivity contribution in [2.45, 2.75) is 64.3 Å². The number of likely N-dealkylation sites (tertiary alicyclic amines) is 1. The number of nitrogens with zero attached hydrogens (tertiary/aromatic N) is 3. The third-order valence-corrected chi connectivity index (χ3v) is 8.31. The largest absolute Gasteiger partial charge is 0.459 e. The van der Waals surface area contributed by atoms with Gasteiger partial charge in [-0.05, 0) is 50.5 Å². The molecule has 1 atom stereocenters. The average molecular weight is 414 g/mol. The van der Waals surface area contributed by atoms with Gasteiger partial charge in [0.2, 0.25) is 5.91 Å². The maximum atomic E-state index is 13.2. The van der Waals surface area contributed by atoms with E-state index in [1.54, 1.807) is 6.26 Å². The van der Waals surface area contributed by atoms with Gasteiger partial charge in [0, 0.05) is 56.8 Å². The fraction of sp³-hybridized carbons (Fsp3) is 0.750. The molecule has 0 bridgehead atoms. The van der Waals surface area contributed by atoms with Gasteiger partial charge in [-0.1, -0.05) is 19.3 Å². The van der Waals surface area contributed by atoms with E-state index in [1.165, 1.54) is 32.1 Å². The number of carbonyl (C=O) groups is 2. The first-order chi connectivity index (χ1) is 14.6. The number of amides is 2. The van der Waals surface area contributed by atoms with Gasteiger partial charge in [0.25, 0.3) is 5.91 Å². The van der Waals surface area contributed by atoms with Crippen molar-refractivity contribution in [2.24, 2.45) is 11.3 Å². The quantitative estimate of drug-likeness (QED) is 0.763. The molecule has 30 heavy (non-hydrogen) atoms. The predicted octanol–water partition coefficient (Wildman–Crippen LogP) is 3.31. The molecule has 2 saturated carbocycles. The van der Waals surface area contributed by atoms with E-state index >= 15 is 0 Å². The minimum absolute atomic E-state index is 0.00490. The Morgan fingerprint density at radius 1 is 0.967 bits per heavy atom. The first-order valence-corrected chi connectivity index (χ1v) is 11.9. The highest BCUT2D eigenvalue weighted by Crippen LogP contribution is 2.60. The molecular weight excluding hydrogens is 378 g/mol. The predicted molar refractivity (Wildman–Crippen MR) is 114 cm³/mol. The Bertz CT molecular complexity index is 781. The molecule has 0 aromatic carbocycles. The molecule has 3 heterocycles. The number of aryl methyl sites for hydroxylation is 1. The van der Waals surface area contributed by atoms with E-state index in [0.717, 1.165) is 70.1 Å². The lowest BCUT2D eigenvalue weighted by molar-refractivity contribution is -0.136. The summed E-state index contributed by atoms with van der Waals surface area (Å²) >= 11 is 0. The van der Waals surface area contributed by atoms with Crippen molar-refractivity contribution < 1.29 is 14.0 Å². The van der Waals surface area contributed by atoms with E-state index in [1.807, 2.05) is 17.9 Å². The normalized spacial score (nSPS) is 27.4. The van der Waals surface area contributed by atoms with E-state index in [4.69, 9.17) is 4.42 Å². The molecule has 2 amide bonds. The molecule has 1 aromatic rings. The third-order valence-electron chi connectivity index (χ3n) is 8.31. The summed E-state index contributed by atoms with van der Waals surface area (Å²) in [6, 6.07) is 2.59. The van der Waals surface area contributed by atoms with Crippen LogP contribution in [0, 0.1) is 18.3 Å². The molecule has 4 fully saturated rings. The molecule has 1 spiro atoms. The number of carbonyl (C=O) groups excluding carboxylic acids is 2. The Kier molecular flexibility index (Phi) is 5.38. The van der Waals surface area contributed by atoms with Crippen LogP contribution in [0.2, 0.25) is 0 Å². The lowest BCUT2D eigenvalue weighted by atomic mass is 9.90. The van der Waals surface area contributed by atoms with Gasteiger partial charge in [0.05, 0.1) is 6.26 Å². The highest BCUT2D eigenvalue weighted by atomic mass is 16.3. The van der Waals surface area contributed by atoms with Crippen LogP contribution in [0.25, 0.3) is 0 Å². The minimum Gasteiger partial charge on any atom is -0.459 e. The van der Waals surface area contributed by atoms with Crippen LogP contribution in [-0.4, -0.2) is 71.8 Å². The molecule has 0 N–H and O–H groups in total. The minimum atomic E-state index is -0.00490. The molecule has 2 aliphatic heterocycles. The molecule has 4 aliphatic rings. The Hall–Kier alpha value is -1.82. The Labute approximate surface area is 179 Å². The second-order valence-electron chi connectivity index (χ2n) is 10.00. The van der Waals surface area contributed by atoms with Crippen LogP contribution in [0.5, 0.6) is 0 Å². The topological polar surface area (TPSA) is 57.0 Å². The molecule has 1 aromatic heterocycles. The maximum absolute atomic E-state index is 13.2. The van der Waals surface area contributed by atoms with E-state index in [9.17, 15) is 9.59 Å². The zero-order chi connectivity index (χ0) is 20.7. The molecule has 2 aliphatic carbocycles. The SMILES string of the molecule is Cc1ccoc1C(=O)N1CCC2(CC1)C[C@H]2C(=O)N1CCN(C2CCCCC2)CC1. The summed E-state index contributed by atoms with van der Waals surface area (Å²) in [5, 5.41) is 0. The summed E-state index contributed by atoms with van der Waals surface area (Å²) in [5.74, 6) is 1.02. The summed E-state index contributed by atoms with van der Waals surface area (Å²) in [6.07, 6.45) is 11.3. The van der Waals surface area contributed by atoms with Crippen LogP contribution < -0.4 is 0 Å². The standard InChI is InChI=1S/C24H35N3O3/c1-18-7-16-30-21(18)23(29)26-10-8-24(9-11-26)17-20(24)22(28)27-14-12-25(13-15-27)19-5-3-2-4-6-19/h7,16,19-20H,2-6,8-15,17H2,1H3/t20-/m0/s1. The van der Waals surface area contributed by atoms with Gasteiger partial charge in [0.1, 0.15) is 0 Å². The van der Waals surface area contributed by atoms with Crippen molar-refractivity contribution in [3.8, 4) is 0 Å². The van der Waals surface area contributed by atoms with Crippen LogP contribution in [0.15, 0.2) is 16.7 Å². The van der Waals surface area contributed by atoms with Gasteiger partial charge in [0.15, 0.2) is 5.76 Å². The summed E-state index contributed by atoms with van der Waals surface area (Å²) < 4.78 is 5.38. The average Bonchev–Trinajstić information content (AvgIpc) is 3.31. The fourth-order valence-corrected chi connectivity index (χ4v) is 6.11. The molecule has 0 unspecified atom stereocenters. The zero-order valence-electron chi connectivity index (χ0n) is 18.3. The summed E-state index contributed by atoms with van der Waals surface area (Å²) in [5.41, 5.74) is 1.04. The van der Waals surface area contributed by atoms with Crippen LogP contribution >= 0.6 is 0 Å². The van der Waals surface area contributed by atoms with Crippen LogP contribution in [0.3, 0.4) is 0 Å². The highest BCUT2D eigenvalue weighted by Gasteiger charge is 2.59. The van der Waals surface area contributed by atoms with E-state index in [2.05, 4.69) is 9.80 Å². The lowest BCUT2D eigenvalue weighted by Gasteiger charge is -2.41. The number of piperidine rings is 1. The smallest absolute Gasteiger partial charge is 0.289 e. The summed E-state index contributed by atoms with van der Waals surface area (Å²) in [7, 11) is 0. The van der Waals surface area contributed by atoms with Gasteiger partial charge in [-0.25, -0.2) is 0 Å². The second-order valence-corrected chi connectivity index (χ2v) is 10.00. The molecule has 6 heteroatoms. The van der Waals surface area contributed by atoms with Gasteiger partial charge in [-0.15, -0.1) is 0 Å². The number of furan rings is 1. The second kappa shape index (κ2) is 8.03. The number of hydrogen-bond acceptors (Lipinski definition) is 4. The van der Waals surface area contributed by atoms with Crippen LogP contribution in [0.1, 0.15) is 67.5 Å². The number of piperazine rings is 1. The maximum Gasteiger partial charge on any atom is 0.289 e. The third kappa shape index (κ3) is 3.68. The molecule has 164 valence electrons. The van der Waals surface area contributed by atoms with Crippen molar-refractivity contribution >= 4 is 11.8 Å². The van der Waals surface area contributed by atoms with Crippen LogP contribution in [0.4, 0.5) is 0 Å². The Balaban J connectivity index is 1.11. The van der Waals surface area contributed by atoms with E-state index in [0.29, 0.717) is 11.7 Å². The number of hydrogen-bond donors (Lipinski definition) is 0. The van der Waals surface area contributed by atoms with Crippen LogP contribution in [-0.2, 0) is 4.79 Å². The van der Waals surface area contributed by atoms with Crippen molar-refractivity contribution in [1.29, 1.82) is 0 Å². The molecule has 5 rings (SSSR count). The molecular formula is C24H35N3O3. The summed E-state index contributed by atoms with van der Waals surface area (Å²) in [6.45, 7) is 7.25. The molecule has 2 saturated heterocycles. The van der Waals surface area contributed by atoms with E-state index < -0.39 is 0 Å².